The largest absolute Gasteiger partial charge is 0.370 e. The van der Waals surface area contributed by atoms with Crippen molar-refractivity contribution in [2.45, 2.75) is 31.2 Å². The molecule has 1 aromatic heterocycles. The molecule has 0 saturated carbocycles. The molecule has 1 atom stereocenters. The first-order valence-electron chi connectivity index (χ1n) is 6.29. The first-order valence-corrected chi connectivity index (χ1v) is 7.17. The van der Waals surface area contributed by atoms with E-state index < -0.39 is 0 Å². The van der Waals surface area contributed by atoms with Crippen LogP contribution in [-0.4, -0.2) is 27.5 Å². The number of rotatable bonds is 5. The van der Waals surface area contributed by atoms with Crippen molar-refractivity contribution in [1.29, 1.82) is 0 Å². The zero-order chi connectivity index (χ0) is 13.8. The number of anilines is 1. The number of nitrogens with zero attached hydrogens (tertiary/aromatic N) is 2. The second-order valence-electron chi connectivity index (χ2n) is 4.27. The van der Waals surface area contributed by atoms with Gasteiger partial charge in [0, 0.05) is 11.9 Å². The van der Waals surface area contributed by atoms with Crippen molar-refractivity contribution in [1.82, 2.24) is 9.97 Å². The molecule has 19 heavy (non-hydrogen) atoms. The van der Waals surface area contributed by atoms with Gasteiger partial charge in [-0.05, 0) is 32.9 Å². The number of carbonyl (C=O) groups is 1. The number of hydrogen-bond donors (Lipinski definition) is 1. The Morgan fingerprint density at radius 3 is 2.79 bits per heavy atom. The van der Waals surface area contributed by atoms with E-state index in [1.54, 1.807) is 6.92 Å². The van der Waals surface area contributed by atoms with Gasteiger partial charge in [-0.25, -0.2) is 9.97 Å². The molecule has 2 aromatic rings. The third-order valence-corrected chi connectivity index (χ3v) is 3.86. The number of hydrogen-bond acceptors (Lipinski definition) is 5. The Morgan fingerprint density at radius 2 is 2.11 bits per heavy atom. The van der Waals surface area contributed by atoms with Gasteiger partial charge in [0.25, 0.3) is 0 Å². The second-order valence-corrected chi connectivity index (χ2v) is 5.58. The summed E-state index contributed by atoms with van der Waals surface area (Å²) >= 11 is 1.39. The van der Waals surface area contributed by atoms with Gasteiger partial charge in [-0.1, -0.05) is 23.9 Å². The highest BCUT2D eigenvalue weighted by molar-refractivity contribution is 8.00. The SMILES string of the molecule is CCNc1nc(S[C@@H](C)C(C)=O)nc2ccccc12. The molecule has 100 valence electrons. The number of Topliss-reactive ketones (excluding diaryl/α,β-unsaturated/α-hetero) is 1. The van der Waals surface area contributed by atoms with Crippen LogP contribution in [0.2, 0.25) is 0 Å². The molecule has 0 amide bonds. The molecule has 1 N–H and O–H groups in total. The molecule has 0 saturated heterocycles. The summed E-state index contributed by atoms with van der Waals surface area (Å²) in [7, 11) is 0. The Morgan fingerprint density at radius 1 is 1.37 bits per heavy atom. The minimum absolute atomic E-state index is 0.129. The number of nitrogens with one attached hydrogen (secondary N) is 1. The van der Waals surface area contributed by atoms with E-state index in [4.69, 9.17) is 0 Å². The number of thioether (sulfide) groups is 1. The average molecular weight is 275 g/mol. The first kappa shape index (κ1) is 13.8. The lowest BCUT2D eigenvalue weighted by Crippen LogP contribution is -2.10. The average Bonchev–Trinajstić information content (AvgIpc) is 2.39. The summed E-state index contributed by atoms with van der Waals surface area (Å²) in [4.78, 5) is 20.3. The van der Waals surface area contributed by atoms with Crippen molar-refractivity contribution in [2.24, 2.45) is 0 Å². The lowest BCUT2D eigenvalue weighted by Gasteiger charge is -2.10. The first-order chi connectivity index (χ1) is 9.11. The Balaban J connectivity index is 2.42. The quantitative estimate of drug-likeness (QED) is 0.671. The molecule has 0 aliphatic rings. The van der Waals surface area contributed by atoms with Crippen LogP contribution in [0, 0.1) is 0 Å². The van der Waals surface area contributed by atoms with Gasteiger partial charge in [-0.3, -0.25) is 4.79 Å². The maximum Gasteiger partial charge on any atom is 0.190 e. The van der Waals surface area contributed by atoms with Gasteiger partial charge in [-0.2, -0.15) is 0 Å². The molecule has 1 heterocycles. The number of fused-ring (bicyclic) bond motifs is 1. The van der Waals surface area contributed by atoms with E-state index in [9.17, 15) is 4.79 Å². The van der Waals surface area contributed by atoms with Crippen LogP contribution >= 0.6 is 11.8 Å². The molecule has 0 bridgehead atoms. The maximum atomic E-state index is 11.3. The zero-order valence-corrected chi connectivity index (χ0v) is 12.1. The summed E-state index contributed by atoms with van der Waals surface area (Å²) in [5, 5.41) is 4.76. The van der Waals surface area contributed by atoms with Crippen LogP contribution < -0.4 is 5.32 Å². The van der Waals surface area contributed by atoms with E-state index in [2.05, 4.69) is 15.3 Å². The van der Waals surface area contributed by atoms with Crippen LogP contribution in [-0.2, 0) is 4.79 Å². The number of benzene rings is 1. The third kappa shape index (κ3) is 3.23. The molecular formula is C14H17N3OS. The highest BCUT2D eigenvalue weighted by atomic mass is 32.2. The van der Waals surface area contributed by atoms with Crippen molar-refractivity contribution < 1.29 is 4.79 Å². The summed E-state index contributed by atoms with van der Waals surface area (Å²) in [5.41, 5.74) is 0.895. The van der Waals surface area contributed by atoms with Crippen molar-refractivity contribution >= 4 is 34.3 Å². The van der Waals surface area contributed by atoms with Gasteiger partial charge in [-0.15, -0.1) is 0 Å². The van der Waals surface area contributed by atoms with Crippen molar-refractivity contribution in [3.63, 3.8) is 0 Å². The monoisotopic (exact) mass is 275 g/mol. The van der Waals surface area contributed by atoms with E-state index in [0.29, 0.717) is 5.16 Å². The Kier molecular flexibility index (Phi) is 4.37. The highest BCUT2D eigenvalue weighted by Gasteiger charge is 2.13. The van der Waals surface area contributed by atoms with Crippen LogP contribution in [0.3, 0.4) is 0 Å². The van der Waals surface area contributed by atoms with E-state index in [1.807, 2.05) is 38.1 Å². The summed E-state index contributed by atoms with van der Waals surface area (Å²) in [5.74, 6) is 0.957. The standard InChI is InChI=1S/C14H17N3OS/c1-4-15-13-11-7-5-6-8-12(11)16-14(17-13)19-10(3)9(2)18/h5-8,10H,4H2,1-3H3,(H,15,16,17)/t10-/m0/s1. The van der Waals surface area contributed by atoms with Crippen molar-refractivity contribution in [3.8, 4) is 0 Å². The maximum absolute atomic E-state index is 11.3. The van der Waals surface area contributed by atoms with Crippen LogP contribution in [0.25, 0.3) is 10.9 Å². The van der Waals surface area contributed by atoms with Gasteiger partial charge in [0.2, 0.25) is 0 Å². The van der Waals surface area contributed by atoms with Crippen LogP contribution in [0.15, 0.2) is 29.4 Å². The topological polar surface area (TPSA) is 54.9 Å². The molecule has 0 aliphatic carbocycles. The molecule has 5 heteroatoms. The number of aromatic nitrogens is 2. The molecule has 0 unspecified atom stereocenters. The fraction of sp³-hybridized carbons (Fsp3) is 0.357. The summed E-state index contributed by atoms with van der Waals surface area (Å²) in [6, 6.07) is 7.88. The normalized spacial score (nSPS) is 12.4. The minimum atomic E-state index is -0.129. The zero-order valence-electron chi connectivity index (χ0n) is 11.3. The van der Waals surface area contributed by atoms with Crippen molar-refractivity contribution in [2.75, 3.05) is 11.9 Å². The molecular weight excluding hydrogens is 258 g/mol. The lowest BCUT2D eigenvalue weighted by molar-refractivity contribution is -0.116. The summed E-state index contributed by atoms with van der Waals surface area (Å²) < 4.78 is 0. The Hall–Kier alpha value is -1.62. The van der Waals surface area contributed by atoms with E-state index >= 15 is 0 Å². The molecule has 0 radical (unpaired) electrons. The summed E-state index contributed by atoms with van der Waals surface area (Å²) in [6.07, 6.45) is 0. The van der Waals surface area contributed by atoms with Crippen molar-refractivity contribution in [3.05, 3.63) is 24.3 Å². The molecule has 1 aromatic carbocycles. The molecule has 0 aliphatic heterocycles. The van der Waals surface area contributed by atoms with Gasteiger partial charge in [0.15, 0.2) is 5.16 Å². The Bertz CT molecular complexity index is 600. The smallest absolute Gasteiger partial charge is 0.190 e. The van der Waals surface area contributed by atoms with E-state index in [1.165, 1.54) is 11.8 Å². The fourth-order valence-electron chi connectivity index (χ4n) is 1.65. The van der Waals surface area contributed by atoms with Crippen LogP contribution in [0.5, 0.6) is 0 Å². The number of ketones is 1. The predicted octanol–water partition coefficient (Wildman–Crippen LogP) is 3.13. The predicted molar refractivity (Wildman–Crippen MR) is 79.7 cm³/mol. The van der Waals surface area contributed by atoms with E-state index in [0.717, 1.165) is 23.3 Å². The number of carbonyl (C=O) groups excluding carboxylic acids is 1. The molecule has 0 fully saturated rings. The van der Waals surface area contributed by atoms with Gasteiger partial charge in [0.1, 0.15) is 11.6 Å². The van der Waals surface area contributed by atoms with Gasteiger partial charge >= 0.3 is 0 Å². The summed E-state index contributed by atoms with van der Waals surface area (Å²) in [6.45, 7) is 6.29. The molecule has 4 nitrogen and oxygen atoms in total. The van der Waals surface area contributed by atoms with Gasteiger partial charge < -0.3 is 5.32 Å². The van der Waals surface area contributed by atoms with E-state index in [-0.39, 0.29) is 11.0 Å². The highest BCUT2D eigenvalue weighted by Crippen LogP contribution is 2.26. The Labute approximate surface area is 117 Å². The lowest BCUT2D eigenvalue weighted by atomic mass is 10.2. The molecule has 2 rings (SSSR count). The van der Waals surface area contributed by atoms with Crippen LogP contribution in [0.4, 0.5) is 5.82 Å². The fourth-order valence-corrected chi connectivity index (χ4v) is 2.43. The molecule has 0 spiro atoms. The second kappa shape index (κ2) is 6.02. The third-order valence-electron chi connectivity index (χ3n) is 2.78. The number of para-hydroxylation sites is 1. The van der Waals surface area contributed by atoms with Gasteiger partial charge in [0.05, 0.1) is 10.8 Å². The van der Waals surface area contributed by atoms with Crippen LogP contribution in [0.1, 0.15) is 20.8 Å². The minimum Gasteiger partial charge on any atom is -0.370 e.